The molecule has 0 bridgehead atoms. The van der Waals surface area contributed by atoms with Crippen molar-refractivity contribution in [2.45, 2.75) is 221 Å². The van der Waals surface area contributed by atoms with E-state index < -0.39 is 18.2 Å². The van der Waals surface area contributed by atoms with Crippen LogP contribution in [0, 0.1) is 98.6 Å². The number of nitrogens with two attached hydrogens (primary N) is 5. The number of carboxylic acid groups (broad SMARTS) is 2. The average Bonchev–Trinajstić information content (AvgIpc) is 3.88. The molecule has 8 saturated carbocycles. The minimum Gasteiger partial charge on any atom is -0.550 e. The Morgan fingerprint density at radius 2 is 1.01 bits per heavy atom. The quantitative estimate of drug-likeness (QED) is 0.0711. The maximum atomic E-state index is 11.7. The highest BCUT2D eigenvalue weighted by Gasteiger charge is 2.66. The van der Waals surface area contributed by atoms with E-state index >= 15 is 0 Å². The van der Waals surface area contributed by atoms with Crippen molar-refractivity contribution in [3.8, 4) is 0 Å². The lowest BCUT2D eigenvalue weighted by atomic mass is 9.41. The van der Waals surface area contributed by atoms with E-state index in [1.54, 1.807) is 30.8 Å². The van der Waals surface area contributed by atoms with Crippen LogP contribution in [0.15, 0.2) is 9.98 Å². The van der Waals surface area contributed by atoms with Crippen LogP contribution in [0.4, 0.5) is 0 Å². The van der Waals surface area contributed by atoms with E-state index in [-0.39, 0.29) is 71.2 Å². The summed E-state index contributed by atoms with van der Waals surface area (Å²) < 4.78 is 0. The molecule has 76 heavy (non-hydrogen) atoms. The van der Waals surface area contributed by atoms with Crippen molar-refractivity contribution in [1.82, 2.24) is 9.80 Å². The first-order valence-corrected chi connectivity index (χ1v) is 29.7. The van der Waals surface area contributed by atoms with E-state index in [0.717, 1.165) is 51.4 Å². The molecule has 0 amide bonds. The number of hydrogen-bond acceptors (Lipinski definition) is 14. The van der Waals surface area contributed by atoms with Gasteiger partial charge in [0, 0.05) is 11.9 Å². The van der Waals surface area contributed by atoms with Crippen molar-refractivity contribution < 1.29 is 40.2 Å². The van der Waals surface area contributed by atoms with Gasteiger partial charge in [0.2, 0.25) is 0 Å². The molecule has 8 fully saturated rings. The van der Waals surface area contributed by atoms with Gasteiger partial charge in [-0.1, -0.05) is 54.9 Å². The fraction of sp³-hybridized carbons (Fsp3) is 0.932. The molecule has 0 aromatic carbocycles. The van der Waals surface area contributed by atoms with Crippen LogP contribution in [-0.4, -0.2) is 119 Å². The van der Waals surface area contributed by atoms with Crippen molar-refractivity contribution in [2.24, 2.45) is 137 Å². The number of fused-ring (bicyclic) bond motifs is 10. The predicted molar refractivity (Wildman–Crippen MR) is 298 cm³/mol. The summed E-state index contributed by atoms with van der Waals surface area (Å²) in [5.41, 5.74) is 27.2. The third-order valence-electron chi connectivity index (χ3n) is 22.8. The van der Waals surface area contributed by atoms with Gasteiger partial charge >= 0.3 is 0 Å². The molecular formula is C59H109N9O8-2. The minimum atomic E-state index is -0.934. The number of aliphatic carboxylic acids is 2. The van der Waals surface area contributed by atoms with E-state index in [1.165, 1.54) is 51.4 Å². The number of carbonyl (C=O) groups excluding carboxylic acids is 2. The fourth-order valence-electron chi connectivity index (χ4n) is 18.8. The molecule has 8 aliphatic carbocycles. The van der Waals surface area contributed by atoms with E-state index in [0.29, 0.717) is 95.6 Å². The van der Waals surface area contributed by atoms with Crippen molar-refractivity contribution in [3.05, 3.63) is 0 Å². The second-order valence-electron chi connectivity index (χ2n) is 27.4. The van der Waals surface area contributed by atoms with E-state index in [9.17, 15) is 40.2 Å². The number of aliphatic hydroxyl groups excluding tert-OH is 4. The van der Waals surface area contributed by atoms with Gasteiger partial charge in [0.15, 0.2) is 18.5 Å². The van der Waals surface area contributed by atoms with Crippen molar-refractivity contribution in [2.75, 3.05) is 28.2 Å². The summed E-state index contributed by atoms with van der Waals surface area (Å²) in [7, 11) is 7.27. The number of guanidine groups is 1. The van der Waals surface area contributed by atoms with Crippen LogP contribution in [-0.2, 0) is 9.59 Å². The molecule has 8 rings (SSSR count). The molecule has 8 unspecified atom stereocenters. The van der Waals surface area contributed by atoms with Gasteiger partial charge < -0.3 is 57.4 Å². The Bertz CT molecular complexity index is 1930. The smallest absolute Gasteiger partial charge is 0.188 e. The summed E-state index contributed by atoms with van der Waals surface area (Å²) in [6.07, 6.45) is 17.2. The van der Waals surface area contributed by atoms with Gasteiger partial charge in [0.25, 0.3) is 0 Å². The topological polar surface area (TPSA) is 322 Å². The highest BCUT2D eigenvalue weighted by Crippen LogP contribution is 2.71. The first kappa shape index (κ1) is 64.2. The van der Waals surface area contributed by atoms with Crippen molar-refractivity contribution in [3.63, 3.8) is 0 Å². The van der Waals surface area contributed by atoms with E-state index in [2.05, 4.69) is 58.5 Å². The number of carboxylic acids is 2. The zero-order valence-corrected chi connectivity index (χ0v) is 49.2. The summed E-state index contributed by atoms with van der Waals surface area (Å²) in [4.78, 5) is 33.0. The Morgan fingerprint density at radius 1 is 0.592 bits per heavy atom. The second kappa shape index (κ2) is 26.3. The lowest BCUT2D eigenvalue weighted by Gasteiger charge is -2.64. The molecular weight excluding hydrogens is 963 g/mol. The summed E-state index contributed by atoms with van der Waals surface area (Å²) in [5.74, 6) is 4.72. The Labute approximate surface area is 458 Å². The summed E-state index contributed by atoms with van der Waals surface area (Å²) >= 11 is 0. The maximum Gasteiger partial charge on any atom is 0.188 e. The SMILES string of the molecule is CC(N)=NC(N)N(C)C.CC[C@H]1[C@H](O)C2C3CC[C@H]([C@H](C)CCC(=O)[O-])[C@@]3(C)CCC2[C@@]2(C)CC[C@@H](O)C[C@@H]12.CN(C)C(N)N=C(N)N.C[C@H](CCC(=O)[O-])[C@H]1CCC2C3C(CC[C@@]21C)[C@@]1(C)CC[C@@H](O)C[C@H]1C[C@@H]3O. The van der Waals surface area contributed by atoms with Crippen LogP contribution in [0.25, 0.3) is 0 Å². The van der Waals surface area contributed by atoms with E-state index in [4.69, 9.17) is 28.7 Å². The molecule has 14 N–H and O–H groups in total. The number of rotatable bonds is 13. The molecule has 0 aromatic heterocycles. The lowest BCUT2D eigenvalue weighted by Crippen LogP contribution is -2.62. The average molecular weight is 1070 g/mol. The van der Waals surface area contributed by atoms with Gasteiger partial charge in [-0.3, -0.25) is 21.3 Å². The summed E-state index contributed by atoms with van der Waals surface area (Å²) in [6, 6.07) is 0. The molecule has 0 aromatic rings. The summed E-state index contributed by atoms with van der Waals surface area (Å²) in [5, 5.41) is 65.5. The number of amidine groups is 1. The Morgan fingerprint density at radius 3 is 1.43 bits per heavy atom. The van der Waals surface area contributed by atoms with Crippen molar-refractivity contribution in [1.29, 1.82) is 0 Å². The number of aliphatic hydroxyl groups is 4. The highest BCUT2D eigenvalue weighted by atomic mass is 16.4. The number of aliphatic imine (C=N–C) groups is 2. The van der Waals surface area contributed by atoms with Gasteiger partial charge in [0.1, 0.15) is 0 Å². The van der Waals surface area contributed by atoms with Crippen LogP contribution in [0.2, 0.25) is 0 Å². The standard InChI is InChI=1S/C26H44O4.C24H40O4.C5H14N4.C4H13N5/c1-5-17-21-14-16(27)10-12-26(21,4)20-11-13-25(3)18(15(2)6-9-22(28)29)7-8-19(25)23(20)24(17)30;1-14(4-7-21(27)28)17-5-6-18-22-19(9-11-24(17,18)3)23(2)10-8-16(25)12-15(23)13-20(22)26;1-4(6)8-5(7)9(2)3;1-9(2)4(7)8-3(5)6/h15-21,23-24,27,30H,5-14H2,1-4H3,(H,28,29);14-20,22,25-26H,4-13H2,1-3H3,(H,27,28);5H,7H2,1-3H3,(H2,6,8);4H,7H2,1-2H3,(H4,5,6,8)/p-2/t15-,16-,17-,18-,19?,20?,21+,23?,24+,25-,26-;14-,15+,16-,17-,18?,19?,20+,22?,23+,24-;;/m11../s1. The number of nitrogens with zero attached hydrogens (tertiary/aromatic N) is 4. The Balaban J connectivity index is 0.000000214. The molecule has 0 spiro atoms. The van der Waals surface area contributed by atoms with Crippen LogP contribution < -0.4 is 38.9 Å². The first-order valence-electron chi connectivity index (χ1n) is 29.7. The maximum absolute atomic E-state index is 11.7. The molecule has 8 aliphatic rings. The Hall–Kier alpha value is -2.64. The molecule has 440 valence electrons. The normalized spacial score (nSPS) is 42.9. The third kappa shape index (κ3) is 13.9. The lowest BCUT2D eigenvalue weighted by molar-refractivity contribution is -0.307. The zero-order chi connectivity index (χ0) is 57.0. The predicted octanol–water partition coefficient (Wildman–Crippen LogP) is 4.15. The molecule has 0 aliphatic heterocycles. The fourth-order valence-corrected chi connectivity index (χ4v) is 18.8. The summed E-state index contributed by atoms with van der Waals surface area (Å²) in [6.45, 7) is 18.2. The van der Waals surface area contributed by atoms with E-state index in [1.807, 2.05) is 14.1 Å². The van der Waals surface area contributed by atoms with Crippen LogP contribution in [0.1, 0.15) is 184 Å². The second-order valence-corrected chi connectivity index (χ2v) is 27.4. The zero-order valence-electron chi connectivity index (χ0n) is 49.2. The van der Waals surface area contributed by atoms with Crippen LogP contribution >= 0.6 is 0 Å². The van der Waals surface area contributed by atoms with Crippen LogP contribution in [0.5, 0.6) is 0 Å². The first-order chi connectivity index (χ1) is 35.4. The minimum absolute atomic E-state index is 0.0104. The van der Waals surface area contributed by atoms with Gasteiger partial charge in [-0.05, 0) is 256 Å². The van der Waals surface area contributed by atoms with Gasteiger partial charge in [-0.25, -0.2) is 9.98 Å². The number of carbonyl (C=O) groups is 2. The number of hydrogen-bond donors (Lipinski definition) is 9. The molecule has 0 saturated heterocycles. The van der Waals surface area contributed by atoms with Gasteiger partial charge in [0.05, 0.1) is 30.3 Å². The van der Waals surface area contributed by atoms with Crippen molar-refractivity contribution >= 4 is 23.7 Å². The Kier molecular flexibility index (Phi) is 22.2. The van der Waals surface area contributed by atoms with Crippen LogP contribution in [0.3, 0.4) is 0 Å². The molecule has 0 heterocycles. The molecule has 0 radical (unpaired) electrons. The highest BCUT2D eigenvalue weighted by molar-refractivity contribution is 5.77. The largest absolute Gasteiger partial charge is 0.550 e. The molecule has 23 atom stereocenters. The molecule has 17 heteroatoms. The third-order valence-corrected chi connectivity index (χ3v) is 22.8. The monoisotopic (exact) mass is 1070 g/mol. The van der Waals surface area contributed by atoms with Gasteiger partial charge in [-0.2, -0.15) is 0 Å². The van der Waals surface area contributed by atoms with Gasteiger partial charge in [-0.15, -0.1) is 0 Å². The molecule has 17 nitrogen and oxygen atoms in total.